The Morgan fingerprint density at radius 2 is 1.97 bits per heavy atom. The molecule has 0 aliphatic carbocycles. The highest BCUT2D eigenvalue weighted by Gasteiger charge is 2.39. The number of benzene rings is 2. The van der Waals surface area contributed by atoms with Crippen molar-refractivity contribution in [3.8, 4) is 22.8 Å². The van der Waals surface area contributed by atoms with Gasteiger partial charge in [0.25, 0.3) is 11.5 Å². The summed E-state index contributed by atoms with van der Waals surface area (Å²) in [6.07, 6.45) is 6.55. The van der Waals surface area contributed by atoms with Crippen LogP contribution in [0.4, 0.5) is 5.69 Å². The molecule has 2 saturated heterocycles. The van der Waals surface area contributed by atoms with E-state index in [-0.39, 0.29) is 11.5 Å². The predicted octanol–water partition coefficient (Wildman–Crippen LogP) is 3.14. The lowest BCUT2D eigenvalue weighted by atomic mass is 9.98. The van der Waals surface area contributed by atoms with Gasteiger partial charge in [-0.2, -0.15) is 9.78 Å². The second kappa shape index (κ2) is 7.67. The molecular formula is C25H23N5O3. The average Bonchev–Trinajstić information content (AvgIpc) is 3.48. The highest BCUT2D eigenvalue weighted by molar-refractivity contribution is 5.87. The maximum atomic E-state index is 13.2. The summed E-state index contributed by atoms with van der Waals surface area (Å²) in [5, 5.41) is 5.68. The molecule has 166 valence electrons. The third-order valence-corrected chi connectivity index (χ3v) is 6.65. The zero-order valence-electron chi connectivity index (χ0n) is 18.4. The summed E-state index contributed by atoms with van der Waals surface area (Å²) < 4.78 is 12.4. The quantitative estimate of drug-likeness (QED) is 0.481. The molecule has 6 rings (SSSR count). The van der Waals surface area contributed by atoms with E-state index in [4.69, 9.17) is 9.47 Å². The molecule has 0 spiro atoms. The van der Waals surface area contributed by atoms with Crippen LogP contribution in [0.2, 0.25) is 0 Å². The Kier molecular flexibility index (Phi) is 4.62. The molecule has 8 heteroatoms. The molecule has 0 amide bonds. The SMILES string of the molecule is COc1cccc(-c2ccc3c(=O)n(-c4ncc(N5CC6CC5CO6)cn4)ncc3c2)c1C. The van der Waals surface area contributed by atoms with Crippen LogP contribution in [-0.2, 0) is 4.74 Å². The third kappa shape index (κ3) is 3.25. The van der Waals surface area contributed by atoms with Crippen LogP contribution in [0, 0.1) is 6.92 Å². The van der Waals surface area contributed by atoms with Gasteiger partial charge in [0, 0.05) is 11.9 Å². The molecule has 2 bridgehead atoms. The molecule has 4 heterocycles. The molecule has 0 saturated carbocycles. The van der Waals surface area contributed by atoms with Gasteiger partial charge >= 0.3 is 0 Å². The second-order valence-corrected chi connectivity index (χ2v) is 8.53. The first kappa shape index (κ1) is 19.9. The fraction of sp³-hybridized carbons (Fsp3) is 0.280. The number of anilines is 1. The van der Waals surface area contributed by atoms with Crippen LogP contribution >= 0.6 is 0 Å². The summed E-state index contributed by atoms with van der Waals surface area (Å²) in [5.41, 5.74) is 3.80. The molecule has 2 aromatic heterocycles. The van der Waals surface area contributed by atoms with Gasteiger partial charge in [-0.3, -0.25) is 4.79 Å². The van der Waals surface area contributed by atoms with Gasteiger partial charge in [-0.25, -0.2) is 9.97 Å². The highest BCUT2D eigenvalue weighted by atomic mass is 16.5. The largest absolute Gasteiger partial charge is 0.496 e. The first-order valence-corrected chi connectivity index (χ1v) is 11.0. The Morgan fingerprint density at radius 1 is 1.12 bits per heavy atom. The summed E-state index contributed by atoms with van der Waals surface area (Å²) in [4.78, 5) is 24.3. The van der Waals surface area contributed by atoms with Crippen molar-refractivity contribution in [2.45, 2.75) is 25.5 Å². The molecule has 0 radical (unpaired) electrons. The predicted molar refractivity (Wildman–Crippen MR) is 125 cm³/mol. The van der Waals surface area contributed by atoms with Crippen molar-refractivity contribution < 1.29 is 9.47 Å². The van der Waals surface area contributed by atoms with Crippen LogP contribution in [0.1, 0.15) is 12.0 Å². The van der Waals surface area contributed by atoms with Gasteiger partial charge in [-0.1, -0.05) is 18.2 Å². The first-order valence-electron chi connectivity index (χ1n) is 11.0. The summed E-state index contributed by atoms with van der Waals surface area (Å²) in [6, 6.07) is 12.1. The number of hydrogen-bond donors (Lipinski definition) is 0. The number of aromatic nitrogens is 4. The lowest BCUT2D eigenvalue weighted by Gasteiger charge is -2.28. The topological polar surface area (TPSA) is 82.4 Å². The fourth-order valence-electron chi connectivity index (χ4n) is 4.90. The molecule has 2 aliphatic heterocycles. The van der Waals surface area contributed by atoms with Crippen molar-refractivity contribution in [3.05, 3.63) is 70.9 Å². The number of fused-ring (bicyclic) bond motifs is 3. The summed E-state index contributed by atoms with van der Waals surface area (Å²) >= 11 is 0. The van der Waals surface area contributed by atoms with Crippen molar-refractivity contribution >= 4 is 16.5 Å². The maximum Gasteiger partial charge on any atom is 0.282 e. The van der Waals surface area contributed by atoms with Crippen molar-refractivity contribution in [3.63, 3.8) is 0 Å². The van der Waals surface area contributed by atoms with Gasteiger partial charge in [0.15, 0.2) is 0 Å². The molecule has 33 heavy (non-hydrogen) atoms. The Balaban J connectivity index is 1.34. The van der Waals surface area contributed by atoms with E-state index in [0.29, 0.717) is 17.5 Å². The zero-order chi connectivity index (χ0) is 22.5. The molecule has 2 fully saturated rings. The van der Waals surface area contributed by atoms with Gasteiger partial charge < -0.3 is 14.4 Å². The van der Waals surface area contributed by atoms with Crippen molar-refractivity contribution in [1.29, 1.82) is 0 Å². The smallest absolute Gasteiger partial charge is 0.282 e. The third-order valence-electron chi connectivity index (χ3n) is 6.65. The van der Waals surface area contributed by atoms with Gasteiger partial charge in [0.1, 0.15) is 5.75 Å². The normalized spacial score (nSPS) is 19.4. The van der Waals surface area contributed by atoms with Crippen LogP contribution in [-0.4, -0.2) is 52.2 Å². The monoisotopic (exact) mass is 441 g/mol. The minimum atomic E-state index is -0.247. The minimum Gasteiger partial charge on any atom is -0.496 e. The van der Waals surface area contributed by atoms with E-state index in [2.05, 4.69) is 20.0 Å². The van der Waals surface area contributed by atoms with E-state index in [1.807, 2.05) is 43.3 Å². The van der Waals surface area contributed by atoms with Crippen LogP contribution in [0.3, 0.4) is 0 Å². The highest BCUT2D eigenvalue weighted by Crippen LogP contribution is 2.32. The zero-order valence-corrected chi connectivity index (χ0v) is 18.4. The van der Waals surface area contributed by atoms with Gasteiger partial charge in [-0.15, -0.1) is 0 Å². The summed E-state index contributed by atoms with van der Waals surface area (Å²) in [5.74, 6) is 1.09. The first-order chi connectivity index (χ1) is 16.1. The fourth-order valence-corrected chi connectivity index (χ4v) is 4.90. The number of methoxy groups -OCH3 is 1. The van der Waals surface area contributed by atoms with Crippen molar-refractivity contribution in [2.24, 2.45) is 0 Å². The molecule has 8 nitrogen and oxygen atoms in total. The lowest BCUT2D eigenvalue weighted by molar-refractivity contribution is 0.0991. The van der Waals surface area contributed by atoms with Crippen LogP contribution in [0.15, 0.2) is 59.8 Å². The van der Waals surface area contributed by atoms with Crippen molar-refractivity contribution in [2.75, 3.05) is 25.2 Å². The molecule has 2 unspecified atom stereocenters. The number of morpholine rings is 1. The number of hydrogen-bond acceptors (Lipinski definition) is 7. The summed E-state index contributed by atoms with van der Waals surface area (Å²) in [6.45, 7) is 3.63. The van der Waals surface area contributed by atoms with E-state index in [9.17, 15) is 4.79 Å². The number of rotatable bonds is 4. The van der Waals surface area contributed by atoms with E-state index in [1.54, 1.807) is 25.7 Å². The van der Waals surface area contributed by atoms with Gasteiger partial charge in [0.2, 0.25) is 0 Å². The number of nitrogens with zero attached hydrogens (tertiary/aromatic N) is 5. The molecule has 0 N–H and O–H groups in total. The number of ether oxygens (including phenoxy) is 2. The Morgan fingerprint density at radius 3 is 2.70 bits per heavy atom. The van der Waals surface area contributed by atoms with Crippen LogP contribution < -0.4 is 15.2 Å². The Hall–Kier alpha value is -3.78. The minimum absolute atomic E-state index is 0.247. The van der Waals surface area contributed by atoms with Gasteiger partial charge in [0.05, 0.1) is 55.5 Å². The van der Waals surface area contributed by atoms with Crippen molar-refractivity contribution in [1.82, 2.24) is 19.7 Å². The molecule has 2 aliphatic rings. The molecule has 2 aromatic carbocycles. The average molecular weight is 441 g/mol. The lowest BCUT2D eigenvalue weighted by Crippen LogP contribution is -2.37. The Labute approximate surface area is 190 Å². The molecule has 2 atom stereocenters. The molecular weight excluding hydrogens is 418 g/mol. The van der Waals surface area contributed by atoms with Crippen LogP contribution in [0.25, 0.3) is 27.8 Å². The van der Waals surface area contributed by atoms with Crippen LogP contribution in [0.5, 0.6) is 5.75 Å². The Bertz CT molecular complexity index is 1420. The van der Waals surface area contributed by atoms with Gasteiger partial charge in [-0.05, 0) is 48.2 Å². The summed E-state index contributed by atoms with van der Waals surface area (Å²) in [7, 11) is 1.66. The van der Waals surface area contributed by atoms with E-state index < -0.39 is 0 Å². The van der Waals surface area contributed by atoms with E-state index in [0.717, 1.165) is 53.1 Å². The second-order valence-electron chi connectivity index (χ2n) is 8.53. The maximum absolute atomic E-state index is 13.2. The molecule has 4 aromatic rings. The standard InChI is InChI=1S/C25H23N5O3/c1-15-21(4-3-5-23(15)32-2)16-6-7-22-17(8-16)10-28-30(24(22)31)25-26-11-19(12-27-25)29-13-20-9-18(29)14-33-20/h3-8,10-12,18,20H,9,13-14H2,1-2H3. The van der Waals surface area contributed by atoms with E-state index >= 15 is 0 Å². The van der Waals surface area contributed by atoms with E-state index in [1.165, 1.54) is 4.68 Å².